The minimum Gasteiger partial charge on any atom is -0.408 e. The average Bonchev–Trinajstić information content (AvgIpc) is 3.16. The van der Waals surface area contributed by atoms with Crippen LogP contribution in [0.1, 0.15) is 25.8 Å². The van der Waals surface area contributed by atoms with Gasteiger partial charge in [-0.2, -0.15) is 0 Å². The summed E-state index contributed by atoms with van der Waals surface area (Å²) < 4.78 is 6.54. The standard InChI is InChI=1S/C19H26N4O4/c1-4-21(5-2)18(25)15-9-13(20)10-22(15)17(24)11-23-14-8-12(3)6-7-16(14)27-19(23)26/h6-8,13,15H,4-5,9-11,20H2,1-3H3/t13-,15+/m1/s1. The minimum absolute atomic E-state index is 0.0958. The molecule has 3 rings (SSSR count). The first kappa shape index (κ1) is 19.2. The monoisotopic (exact) mass is 374 g/mol. The van der Waals surface area contributed by atoms with Crippen LogP contribution in [0.25, 0.3) is 11.1 Å². The van der Waals surface area contributed by atoms with Gasteiger partial charge in [0, 0.05) is 25.7 Å². The van der Waals surface area contributed by atoms with E-state index in [0.29, 0.717) is 37.2 Å². The van der Waals surface area contributed by atoms with Gasteiger partial charge in [-0.05, 0) is 44.9 Å². The van der Waals surface area contributed by atoms with Crippen molar-refractivity contribution in [1.29, 1.82) is 0 Å². The Balaban J connectivity index is 1.87. The lowest BCUT2D eigenvalue weighted by atomic mass is 10.1. The van der Waals surface area contributed by atoms with Gasteiger partial charge in [-0.1, -0.05) is 6.07 Å². The van der Waals surface area contributed by atoms with Gasteiger partial charge in [-0.15, -0.1) is 0 Å². The molecule has 1 aromatic heterocycles. The largest absolute Gasteiger partial charge is 0.420 e. The van der Waals surface area contributed by atoms with Crippen LogP contribution in [0.15, 0.2) is 27.4 Å². The number of hydrogen-bond acceptors (Lipinski definition) is 5. The maximum Gasteiger partial charge on any atom is 0.420 e. The lowest BCUT2D eigenvalue weighted by Crippen LogP contribution is -2.48. The Kier molecular flexibility index (Phi) is 5.36. The summed E-state index contributed by atoms with van der Waals surface area (Å²) in [6, 6.07) is 4.53. The number of carbonyl (C=O) groups excluding carboxylic acids is 2. The van der Waals surface area contributed by atoms with Crippen molar-refractivity contribution in [3.05, 3.63) is 34.3 Å². The first-order valence-corrected chi connectivity index (χ1v) is 9.29. The molecule has 27 heavy (non-hydrogen) atoms. The van der Waals surface area contributed by atoms with Gasteiger partial charge in [0.1, 0.15) is 12.6 Å². The Hall–Kier alpha value is -2.61. The molecular weight excluding hydrogens is 348 g/mol. The SMILES string of the molecule is CCN(CC)C(=O)[C@@H]1C[C@@H](N)CN1C(=O)Cn1c(=O)oc2ccc(C)cc21. The summed E-state index contributed by atoms with van der Waals surface area (Å²) in [6.07, 6.45) is 0.432. The molecule has 0 saturated carbocycles. The zero-order chi connectivity index (χ0) is 19.7. The van der Waals surface area contributed by atoms with Crippen LogP contribution in [-0.4, -0.2) is 57.9 Å². The predicted octanol–water partition coefficient (Wildman–Crippen LogP) is 0.700. The van der Waals surface area contributed by atoms with Gasteiger partial charge in [0.2, 0.25) is 11.8 Å². The van der Waals surface area contributed by atoms with E-state index in [-0.39, 0.29) is 24.4 Å². The van der Waals surface area contributed by atoms with Crippen LogP contribution in [0.3, 0.4) is 0 Å². The van der Waals surface area contributed by atoms with E-state index in [0.717, 1.165) is 5.56 Å². The summed E-state index contributed by atoms with van der Waals surface area (Å²) in [5, 5.41) is 0. The van der Waals surface area contributed by atoms with Crippen molar-refractivity contribution in [2.75, 3.05) is 19.6 Å². The Labute approximate surface area is 157 Å². The molecule has 1 aliphatic rings. The molecule has 2 atom stereocenters. The van der Waals surface area contributed by atoms with Gasteiger partial charge in [0.25, 0.3) is 0 Å². The smallest absolute Gasteiger partial charge is 0.408 e. The lowest BCUT2D eigenvalue weighted by molar-refractivity contribution is -0.143. The van der Waals surface area contributed by atoms with Crippen molar-refractivity contribution in [3.63, 3.8) is 0 Å². The van der Waals surface area contributed by atoms with Gasteiger partial charge < -0.3 is 20.0 Å². The molecule has 2 amide bonds. The fourth-order valence-corrected chi connectivity index (χ4v) is 3.67. The molecule has 0 bridgehead atoms. The molecule has 0 spiro atoms. The number of benzene rings is 1. The fraction of sp³-hybridized carbons (Fsp3) is 0.526. The number of amides is 2. The van der Waals surface area contributed by atoms with E-state index in [1.165, 1.54) is 9.47 Å². The number of rotatable bonds is 5. The summed E-state index contributed by atoms with van der Waals surface area (Å²) in [5.74, 6) is -0.986. The molecule has 0 unspecified atom stereocenters. The fourth-order valence-electron chi connectivity index (χ4n) is 3.67. The third-order valence-electron chi connectivity index (χ3n) is 5.13. The molecule has 2 N–H and O–H groups in total. The second-order valence-electron chi connectivity index (χ2n) is 6.99. The van der Waals surface area contributed by atoms with Crippen LogP contribution in [0, 0.1) is 6.92 Å². The van der Waals surface area contributed by atoms with Crippen molar-refractivity contribution in [1.82, 2.24) is 14.4 Å². The molecular formula is C19H26N4O4. The molecule has 8 nitrogen and oxygen atoms in total. The van der Waals surface area contributed by atoms with E-state index in [1.807, 2.05) is 32.9 Å². The van der Waals surface area contributed by atoms with Crippen LogP contribution in [0.2, 0.25) is 0 Å². The van der Waals surface area contributed by atoms with Crippen LogP contribution >= 0.6 is 0 Å². The normalized spacial score (nSPS) is 19.6. The van der Waals surface area contributed by atoms with Gasteiger partial charge in [-0.25, -0.2) is 4.79 Å². The number of oxazole rings is 1. The van der Waals surface area contributed by atoms with Crippen LogP contribution in [-0.2, 0) is 16.1 Å². The summed E-state index contributed by atoms with van der Waals surface area (Å²) in [6.45, 7) is 7.00. The molecule has 2 aromatic rings. The maximum absolute atomic E-state index is 13.0. The predicted molar refractivity (Wildman–Crippen MR) is 101 cm³/mol. The van der Waals surface area contributed by atoms with Gasteiger partial charge >= 0.3 is 5.76 Å². The topological polar surface area (TPSA) is 102 Å². The number of aromatic nitrogens is 1. The van der Waals surface area contributed by atoms with Crippen LogP contribution < -0.4 is 11.5 Å². The second-order valence-corrected chi connectivity index (χ2v) is 6.99. The van der Waals surface area contributed by atoms with E-state index in [4.69, 9.17) is 10.2 Å². The van der Waals surface area contributed by atoms with Crippen molar-refractivity contribution in [2.24, 2.45) is 5.73 Å². The summed E-state index contributed by atoms with van der Waals surface area (Å²) >= 11 is 0. The van der Waals surface area contributed by atoms with E-state index in [2.05, 4.69) is 0 Å². The molecule has 8 heteroatoms. The molecule has 2 heterocycles. The van der Waals surface area contributed by atoms with Gasteiger partial charge in [0.15, 0.2) is 5.58 Å². The van der Waals surface area contributed by atoms with Crippen molar-refractivity contribution in [2.45, 2.75) is 45.8 Å². The zero-order valence-corrected chi connectivity index (χ0v) is 16.0. The second kappa shape index (κ2) is 7.56. The first-order valence-electron chi connectivity index (χ1n) is 9.29. The van der Waals surface area contributed by atoms with Crippen LogP contribution in [0.4, 0.5) is 0 Å². The average molecular weight is 374 g/mol. The number of hydrogen-bond donors (Lipinski definition) is 1. The Bertz CT molecular complexity index is 912. The van der Waals surface area contributed by atoms with E-state index in [1.54, 1.807) is 11.0 Å². The molecule has 146 valence electrons. The number of fused-ring (bicyclic) bond motifs is 1. The number of likely N-dealkylation sites (N-methyl/N-ethyl adjacent to an activating group) is 1. The highest BCUT2D eigenvalue weighted by Gasteiger charge is 2.39. The number of nitrogens with two attached hydrogens (primary N) is 1. The van der Waals surface area contributed by atoms with E-state index in [9.17, 15) is 14.4 Å². The van der Waals surface area contributed by atoms with Crippen molar-refractivity contribution >= 4 is 22.9 Å². The summed E-state index contributed by atoms with van der Waals surface area (Å²) in [7, 11) is 0. The van der Waals surface area contributed by atoms with Gasteiger partial charge in [0.05, 0.1) is 5.52 Å². The molecule has 0 radical (unpaired) electrons. The van der Waals surface area contributed by atoms with Crippen molar-refractivity contribution < 1.29 is 14.0 Å². The number of likely N-dealkylation sites (tertiary alicyclic amines) is 1. The Morgan fingerprint density at radius 3 is 2.67 bits per heavy atom. The van der Waals surface area contributed by atoms with Gasteiger partial charge in [-0.3, -0.25) is 14.2 Å². The molecule has 1 aliphatic heterocycles. The molecule has 0 aliphatic carbocycles. The summed E-state index contributed by atoms with van der Waals surface area (Å²) in [4.78, 5) is 41.1. The highest BCUT2D eigenvalue weighted by Crippen LogP contribution is 2.21. The third-order valence-corrected chi connectivity index (χ3v) is 5.13. The van der Waals surface area contributed by atoms with E-state index < -0.39 is 11.8 Å². The van der Waals surface area contributed by atoms with E-state index >= 15 is 0 Å². The third kappa shape index (κ3) is 3.62. The lowest BCUT2D eigenvalue weighted by Gasteiger charge is -2.28. The highest BCUT2D eigenvalue weighted by molar-refractivity contribution is 5.89. The Morgan fingerprint density at radius 1 is 1.30 bits per heavy atom. The maximum atomic E-state index is 13.0. The first-order chi connectivity index (χ1) is 12.8. The van der Waals surface area contributed by atoms with Crippen LogP contribution in [0.5, 0.6) is 0 Å². The quantitative estimate of drug-likeness (QED) is 0.830. The Morgan fingerprint density at radius 2 is 2.00 bits per heavy atom. The zero-order valence-electron chi connectivity index (χ0n) is 16.0. The summed E-state index contributed by atoms with van der Waals surface area (Å²) in [5.41, 5.74) is 8.01. The number of nitrogens with zero attached hydrogens (tertiary/aromatic N) is 3. The van der Waals surface area contributed by atoms with Crippen molar-refractivity contribution in [3.8, 4) is 0 Å². The number of carbonyl (C=O) groups is 2. The molecule has 1 saturated heterocycles. The molecule has 1 aromatic carbocycles. The molecule has 1 fully saturated rings. The highest BCUT2D eigenvalue weighted by atomic mass is 16.4. The minimum atomic E-state index is -0.584. The number of aryl methyl sites for hydroxylation is 1.